The maximum absolute atomic E-state index is 11.8. The van der Waals surface area contributed by atoms with E-state index in [9.17, 15) is 14.4 Å². The van der Waals surface area contributed by atoms with Crippen LogP contribution in [-0.4, -0.2) is 53.7 Å². The molecule has 6 heteroatoms. The first kappa shape index (κ1) is 11.1. The smallest absolute Gasteiger partial charge is 0.236 e. The fraction of sp³-hybridized carbons (Fsp3) is 0.700. The molecule has 0 aromatic carbocycles. The molecule has 2 rings (SSSR count). The average Bonchev–Trinajstić information content (AvgIpc) is 2.80. The van der Waals surface area contributed by atoms with E-state index in [4.69, 9.17) is 5.73 Å². The largest absolute Gasteiger partial charge is 0.340 e. The fourth-order valence-corrected chi connectivity index (χ4v) is 2.46. The van der Waals surface area contributed by atoms with Crippen LogP contribution in [0, 0.1) is 11.8 Å². The minimum atomic E-state index is -0.344. The number of rotatable bonds is 2. The third kappa shape index (κ3) is 1.41. The summed E-state index contributed by atoms with van der Waals surface area (Å²) >= 11 is 0. The van der Waals surface area contributed by atoms with E-state index in [0.29, 0.717) is 19.6 Å². The molecule has 2 N–H and O–H groups in total. The molecular formula is C10H15N3O3. The molecule has 0 unspecified atom stereocenters. The summed E-state index contributed by atoms with van der Waals surface area (Å²) in [5.74, 6) is -1.18. The number of hydrogen-bond acceptors (Lipinski definition) is 4. The normalized spacial score (nSPS) is 28.9. The van der Waals surface area contributed by atoms with Crippen LogP contribution >= 0.6 is 0 Å². The highest BCUT2D eigenvalue weighted by Crippen LogP contribution is 2.32. The van der Waals surface area contributed by atoms with Gasteiger partial charge in [0.25, 0.3) is 0 Å². The second kappa shape index (κ2) is 3.86. The molecule has 16 heavy (non-hydrogen) atoms. The molecule has 2 fully saturated rings. The molecule has 0 aromatic rings. The van der Waals surface area contributed by atoms with E-state index in [1.807, 2.05) is 0 Å². The number of carbonyl (C=O) groups excluding carboxylic acids is 3. The summed E-state index contributed by atoms with van der Waals surface area (Å²) in [7, 11) is 0. The summed E-state index contributed by atoms with van der Waals surface area (Å²) in [6.07, 6.45) is 0. The molecule has 2 atom stereocenters. The lowest BCUT2D eigenvalue weighted by Gasteiger charge is -2.19. The number of nitrogens with two attached hydrogens (primary N) is 1. The van der Waals surface area contributed by atoms with Gasteiger partial charge in [-0.2, -0.15) is 0 Å². The minimum absolute atomic E-state index is 0.0701. The van der Waals surface area contributed by atoms with Gasteiger partial charge in [0, 0.05) is 19.6 Å². The first-order valence-electron chi connectivity index (χ1n) is 5.43. The molecule has 0 aliphatic carbocycles. The Balaban J connectivity index is 2.14. The maximum Gasteiger partial charge on any atom is 0.236 e. The molecule has 0 radical (unpaired) electrons. The quantitative estimate of drug-likeness (QED) is 0.574. The van der Waals surface area contributed by atoms with Crippen LogP contribution in [0.3, 0.4) is 0 Å². The van der Waals surface area contributed by atoms with Gasteiger partial charge in [-0.3, -0.25) is 19.3 Å². The summed E-state index contributed by atoms with van der Waals surface area (Å²) < 4.78 is 0. The number of likely N-dealkylation sites (tertiary alicyclic amines) is 2. The van der Waals surface area contributed by atoms with Gasteiger partial charge in [0.15, 0.2) is 0 Å². The van der Waals surface area contributed by atoms with Crippen LogP contribution in [0.25, 0.3) is 0 Å². The zero-order valence-corrected chi connectivity index (χ0v) is 9.18. The number of carbonyl (C=O) groups is 3. The van der Waals surface area contributed by atoms with E-state index in [0.717, 1.165) is 0 Å². The Hall–Kier alpha value is -1.43. The van der Waals surface area contributed by atoms with Crippen molar-refractivity contribution in [1.82, 2.24) is 9.80 Å². The van der Waals surface area contributed by atoms with Crippen LogP contribution in [0.1, 0.15) is 6.92 Å². The van der Waals surface area contributed by atoms with Crippen molar-refractivity contribution in [2.24, 2.45) is 17.6 Å². The molecule has 3 amide bonds. The van der Waals surface area contributed by atoms with Gasteiger partial charge in [0.05, 0.1) is 18.4 Å². The summed E-state index contributed by atoms with van der Waals surface area (Å²) in [5, 5.41) is 0. The number of hydrogen-bond donors (Lipinski definition) is 1. The highest BCUT2D eigenvalue weighted by molar-refractivity contribution is 6.06. The second-order valence-corrected chi connectivity index (χ2v) is 4.14. The Bertz CT molecular complexity index is 331. The number of imide groups is 1. The van der Waals surface area contributed by atoms with E-state index in [1.54, 1.807) is 6.92 Å². The number of amides is 3. The van der Waals surface area contributed by atoms with Gasteiger partial charge in [-0.15, -0.1) is 0 Å². The molecule has 88 valence electrons. The first-order valence-corrected chi connectivity index (χ1v) is 5.43. The molecule has 0 bridgehead atoms. The number of nitrogens with zero attached hydrogens (tertiary/aromatic N) is 2. The molecule has 6 nitrogen and oxygen atoms in total. The van der Waals surface area contributed by atoms with Crippen molar-refractivity contribution >= 4 is 17.7 Å². The fourth-order valence-electron chi connectivity index (χ4n) is 2.46. The van der Waals surface area contributed by atoms with Crippen molar-refractivity contribution in [3.05, 3.63) is 0 Å². The van der Waals surface area contributed by atoms with Crippen molar-refractivity contribution in [2.45, 2.75) is 6.92 Å². The van der Waals surface area contributed by atoms with E-state index in [1.165, 1.54) is 9.80 Å². The third-order valence-corrected chi connectivity index (χ3v) is 3.33. The summed E-state index contributed by atoms with van der Waals surface area (Å²) in [6.45, 7) is 2.79. The van der Waals surface area contributed by atoms with Crippen molar-refractivity contribution in [2.75, 3.05) is 26.2 Å². The lowest BCUT2D eigenvalue weighted by Crippen LogP contribution is -2.40. The van der Waals surface area contributed by atoms with Crippen LogP contribution in [0.4, 0.5) is 0 Å². The van der Waals surface area contributed by atoms with Crippen molar-refractivity contribution in [1.29, 1.82) is 0 Å². The maximum atomic E-state index is 11.8. The first-order chi connectivity index (χ1) is 7.60. The Labute approximate surface area is 93.4 Å². The molecule has 0 aromatic heterocycles. The lowest BCUT2D eigenvalue weighted by atomic mass is 10.00. The standard InChI is InChI=1S/C10H15N3O3/c1-2-13-9(15)6-4-12(8(14)3-11)5-7(6)10(13)16/h6-7H,2-5,11H2,1H3/t6-,7-/m0/s1. The number of fused-ring (bicyclic) bond motifs is 1. The molecule has 0 saturated carbocycles. The van der Waals surface area contributed by atoms with Gasteiger partial charge >= 0.3 is 0 Å². The molecule has 2 aliphatic rings. The monoisotopic (exact) mass is 225 g/mol. The minimum Gasteiger partial charge on any atom is -0.340 e. The summed E-state index contributed by atoms with van der Waals surface area (Å²) in [4.78, 5) is 37.8. The van der Waals surface area contributed by atoms with E-state index < -0.39 is 0 Å². The third-order valence-electron chi connectivity index (χ3n) is 3.33. The average molecular weight is 225 g/mol. The molecule has 0 spiro atoms. The summed E-state index contributed by atoms with van der Waals surface area (Å²) in [6, 6.07) is 0. The van der Waals surface area contributed by atoms with E-state index >= 15 is 0 Å². The molecule has 2 heterocycles. The van der Waals surface area contributed by atoms with Crippen LogP contribution in [0.5, 0.6) is 0 Å². The van der Waals surface area contributed by atoms with Crippen LogP contribution in [0.2, 0.25) is 0 Å². The zero-order valence-electron chi connectivity index (χ0n) is 9.18. The van der Waals surface area contributed by atoms with E-state index in [-0.39, 0.29) is 36.1 Å². The molecular weight excluding hydrogens is 210 g/mol. The van der Waals surface area contributed by atoms with Gasteiger partial charge in [-0.25, -0.2) is 0 Å². The van der Waals surface area contributed by atoms with Gasteiger partial charge in [0.1, 0.15) is 0 Å². The topological polar surface area (TPSA) is 83.7 Å². The SMILES string of the molecule is CCN1C(=O)[C@H]2CN(C(=O)CN)C[C@@H]2C1=O. The van der Waals surface area contributed by atoms with Gasteiger partial charge in [0.2, 0.25) is 17.7 Å². The van der Waals surface area contributed by atoms with Gasteiger partial charge in [-0.1, -0.05) is 0 Å². The van der Waals surface area contributed by atoms with Crippen molar-refractivity contribution < 1.29 is 14.4 Å². The predicted molar refractivity (Wildman–Crippen MR) is 55.0 cm³/mol. The van der Waals surface area contributed by atoms with Crippen molar-refractivity contribution in [3.63, 3.8) is 0 Å². The Morgan fingerprint density at radius 2 is 1.81 bits per heavy atom. The zero-order chi connectivity index (χ0) is 11.9. The predicted octanol–water partition coefficient (Wildman–Crippen LogP) is -1.59. The lowest BCUT2D eigenvalue weighted by molar-refractivity contribution is -0.140. The van der Waals surface area contributed by atoms with Crippen LogP contribution in [0.15, 0.2) is 0 Å². The highest BCUT2D eigenvalue weighted by Gasteiger charge is 2.52. The van der Waals surface area contributed by atoms with Gasteiger partial charge in [-0.05, 0) is 6.92 Å². The van der Waals surface area contributed by atoms with Crippen LogP contribution in [-0.2, 0) is 14.4 Å². The molecule has 2 saturated heterocycles. The highest BCUT2D eigenvalue weighted by atomic mass is 16.2. The summed E-state index contributed by atoms with van der Waals surface area (Å²) in [5.41, 5.74) is 5.25. The van der Waals surface area contributed by atoms with E-state index in [2.05, 4.69) is 0 Å². The Morgan fingerprint density at radius 1 is 1.31 bits per heavy atom. The van der Waals surface area contributed by atoms with Crippen LogP contribution < -0.4 is 5.73 Å². The Kier molecular flexibility index (Phi) is 2.67. The van der Waals surface area contributed by atoms with Crippen molar-refractivity contribution in [3.8, 4) is 0 Å². The van der Waals surface area contributed by atoms with Gasteiger partial charge < -0.3 is 10.6 Å². The Morgan fingerprint density at radius 3 is 2.19 bits per heavy atom. The molecule has 2 aliphatic heterocycles. The second-order valence-electron chi connectivity index (χ2n) is 4.14.